The molecule has 3 rings (SSSR count). The molecule has 3 aromatic rings. The van der Waals surface area contributed by atoms with E-state index in [0.29, 0.717) is 23.2 Å². The van der Waals surface area contributed by atoms with E-state index in [2.05, 4.69) is 5.32 Å². The summed E-state index contributed by atoms with van der Waals surface area (Å²) in [6.45, 7) is 0.709. The van der Waals surface area contributed by atoms with Gasteiger partial charge in [-0.25, -0.2) is 0 Å². The van der Waals surface area contributed by atoms with Crippen molar-refractivity contribution in [1.29, 1.82) is 0 Å². The summed E-state index contributed by atoms with van der Waals surface area (Å²) in [6, 6.07) is 23.6. The van der Waals surface area contributed by atoms with Gasteiger partial charge in [-0.1, -0.05) is 66.7 Å². The van der Waals surface area contributed by atoms with Crippen molar-refractivity contribution in [1.82, 2.24) is 4.90 Å². The molecule has 0 aliphatic heterocycles. The molecule has 27 heavy (non-hydrogen) atoms. The van der Waals surface area contributed by atoms with Crippen LogP contribution in [0.2, 0.25) is 0 Å². The molecule has 0 saturated carbocycles. The predicted molar refractivity (Wildman–Crippen MR) is 108 cm³/mol. The van der Waals surface area contributed by atoms with Crippen LogP contribution in [0, 0.1) is 0 Å². The van der Waals surface area contributed by atoms with E-state index in [0.717, 1.165) is 11.3 Å². The molecule has 0 saturated heterocycles. The topological polar surface area (TPSA) is 49.4 Å². The molecule has 3 aromatic carbocycles. The second kappa shape index (κ2) is 8.43. The number of hydrogen-bond donors (Lipinski definition) is 1. The van der Waals surface area contributed by atoms with E-state index in [4.69, 9.17) is 0 Å². The first kappa shape index (κ1) is 18.5. The summed E-state index contributed by atoms with van der Waals surface area (Å²) in [5.74, 6) is -0.455. The number of carbonyl (C=O) groups is 2. The highest BCUT2D eigenvalue weighted by molar-refractivity contribution is 6.17. The number of benzene rings is 3. The van der Waals surface area contributed by atoms with Gasteiger partial charge in [0.1, 0.15) is 0 Å². The lowest BCUT2D eigenvalue weighted by Crippen LogP contribution is -2.19. The van der Waals surface area contributed by atoms with Crippen LogP contribution in [0.5, 0.6) is 0 Å². The Morgan fingerprint density at radius 3 is 2.07 bits per heavy atom. The first-order valence-corrected chi connectivity index (χ1v) is 8.79. The van der Waals surface area contributed by atoms with Crippen LogP contribution in [-0.2, 0) is 6.54 Å². The molecule has 0 aliphatic rings. The molecule has 1 amide bonds. The third-order valence-electron chi connectivity index (χ3n) is 4.20. The average Bonchev–Trinajstić information content (AvgIpc) is 2.69. The van der Waals surface area contributed by atoms with E-state index >= 15 is 0 Å². The normalized spacial score (nSPS) is 10.6. The summed E-state index contributed by atoms with van der Waals surface area (Å²) in [5.41, 5.74) is 3.09. The summed E-state index contributed by atoms with van der Waals surface area (Å²) in [4.78, 5) is 27.8. The highest BCUT2D eigenvalue weighted by Gasteiger charge is 2.18. The summed E-state index contributed by atoms with van der Waals surface area (Å²) in [5, 5.41) is 2.96. The summed E-state index contributed by atoms with van der Waals surface area (Å²) in [7, 11) is 3.96. The maximum Gasteiger partial charge on any atom is 0.256 e. The maximum atomic E-state index is 12.9. The van der Waals surface area contributed by atoms with Gasteiger partial charge in [0.25, 0.3) is 5.91 Å². The van der Waals surface area contributed by atoms with E-state index in [-0.39, 0.29) is 11.7 Å². The number of nitrogens with zero attached hydrogens (tertiary/aromatic N) is 1. The number of para-hydroxylation sites is 1. The Hall–Kier alpha value is -3.24. The van der Waals surface area contributed by atoms with Gasteiger partial charge in [0.2, 0.25) is 0 Å². The molecule has 4 heteroatoms. The van der Waals surface area contributed by atoms with Crippen LogP contribution in [0.25, 0.3) is 0 Å². The van der Waals surface area contributed by atoms with Crippen molar-refractivity contribution in [3.8, 4) is 0 Å². The molecule has 0 unspecified atom stereocenters. The number of ketones is 1. The van der Waals surface area contributed by atoms with E-state index in [1.807, 2.05) is 61.5 Å². The van der Waals surface area contributed by atoms with Crippen LogP contribution >= 0.6 is 0 Å². The zero-order chi connectivity index (χ0) is 19.2. The minimum absolute atomic E-state index is 0.164. The number of hydrogen-bond acceptors (Lipinski definition) is 3. The van der Waals surface area contributed by atoms with E-state index in [1.54, 1.807) is 36.4 Å². The molecular weight excluding hydrogens is 336 g/mol. The lowest BCUT2D eigenvalue weighted by Gasteiger charge is -2.15. The Labute approximate surface area is 159 Å². The highest BCUT2D eigenvalue weighted by Crippen LogP contribution is 2.20. The Balaban J connectivity index is 1.90. The van der Waals surface area contributed by atoms with Crippen molar-refractivity contribution in [2.24, 2.45) is 0 Å². The van der Waals surface area contributed by atoms with Crippen LogP contribution in [0.15, 0.2) is 78.9 Å². The minimum atomic E-state index is -0.291. The Morgan fingerprint density at radius 1 is 0.778 bits per heavy atom. The zero-order valence-corrected chi connectivity index (χ0v) is 15.5. The van der Waals surface area contributed by atoms with Crippen LogP contribution in [0.4, 0.5) is 5.69 Å². The lowest BCUT2D eigenvalue weighted by molar-refractivity contribution is 0.0996. The Bertz CT molecular complexity index is 949. The van der Waals surface area contributed by atoms with Gasteiger partial charge in [-0.05, 0) is 31.8 Å². The third-order valence-corrected chi connectivity index (χ3v) is 4.20. The quantitative estimate of drug-likeness (QED) is 0.671. The molecule has 0 bridgehead atoms. The van der Waals surface area contributed by atoms with Gasteiger partial charge >= 0.3 is 0 Å². The number of anilines is 1. The highest BCUT2D eigenvalue weighted by atomic mass is 16.2. The van der Waals surface area contributed by atoms with Crippen LogP contribution in [0.1, 0.15) is 31.8 Å². The van der Waals surface area contributed by atoms with Gasteiger partial charge in [-0.2, -0.15) is 0 Å². The molecule has 4 nitrogen and oxygen atoms in total. The SMILES string of the molecule is CN(C)Cc1ccccc1NC(=O)c1ccccc1C(=O)c1ccccc1. The van der Waals surface area contributed by atoms with Gasteiger partial charge in [0.15, 0.2) is 5.78 Å². The number of rotatable bonds is 6. The number of nitrogens with one attached hydrogen (secondary N) is 1. The fraction of sp³-hybridized carbons (Fsp3) is 0.130. The van der Waals surface area contributed by atoms with Crippen molar-refractivity contribution in [3.05, 3.63) is 101 Å². The van der Waals surface area contributed by atoms with Crippen molar-refractivity contribution in [2.75, 3.05) is 19.4 Å². The number of amides is 1. The fourth-order valence-electron chi connectivity index (χ4n) is 2.93. The van der Waals surface area contributed by atoms with Gasteiger partial charge in [-0.15, -0.1) is 0 Å². The van der Waals surface area contributed by atoms with Crippen molar-refractivity contribution < 1.29 is 9.59 Å². The molecule has 0 aliphatic carbocycles. The fourth-order valence-corrected chi connectivity index (χ4v) is 2.93. The smallest absolute Gasteiger partial charge is 0.256 e. The van der Waals surface area contributed by atoms with Crippen LogP contribution in [-0.4, -0.2) is 30.7 Å². The van der Waals surface area contributed by atoms with Crippen LogP contribution in [0.3, 0.4) is 0 Å². The molecule has 1 N–H and O–H groups in total. The summed E-state index contributed by atoms with van der Waals surface area (Å²) >= 11 is 0. The molecule has 136 valence electrons. The summed E-state index contributed by atoms with van der Waals surface area (Å²) < 4.78 is 0. The third kappa shape index (κ3) is 4.49. The maximum absolute atomic E-state index is 12.9. The Kier molecular flexibility index (Phi) is 5.79. The monoisotopic (exact) mass is 358 g/mol. The standard InChI is InChI=1S/C23H22N2O2/c1-25(2)16-18-12-6-9-15-21(18)24-23(27)20-14-8-7-13-19(20)22(26)17-10-4-3-5-11-17/h3-15H,16H2,1-2H3,(H,24,27). The van der Waals surface area contributed by atoms with Gasteiger partial charge in [0, 0.05) is 23.4 Å². The second-order valence-corrected chi connectivity index (χ2v) is 6.59. The average molecular weight is 358 g/mol. The second-order valence-electron chi connectivity index (χ2n) is 6.59. The zero-order valence-electron chi connectivity index (χ0n) is 15.5. The number of carbonyl (C=O) groups excluding carboxylic acids is 2. The summed E-state index contributed by atoms with van der Waals surface area (Å²) in [6.07, 6.45) is 0. The van der Waals surface area contributed by atoms with Crippen molar-refractivity contribution >= 4 is 17.4 Å². The van der Waals surface area contributed by atoms with E-state index in [9.17, 15) is 9.59 Å². The minimum Gasteiger partial charge on any atom is -0.322 e. The molecule has 0 atom stereocenters. The van der Waals surface area contributed by atoms with Gasteiger partial charge in [0.05, 0.1) is 5.56 Å². The van der Waals surface area contributed by atoms with Crippen molar-refractivity contribution in [2.45, 2.75) is 6.54 Å². The van der Waals surface area contributed by atoms with E-state index in [1.165, 1.54) is 0 Å². The molecule has 0 spiro atoms. The Morgan fingerprint density at radius 2 is 1.37 bits per heavy atom. The molecule has 0 aromatic heterocycles. The largest absolute Gasteiger partial charge is 0.322 e. The predicted octanol–water partition coefficient (Wildman–Crippen LogP) is 4.23. The molecule has 0 fully saturated rings. The first-order chi connectivity index (χ1) is 13.1. The van der Waals surface area contributed by atoms with Gasteiger partial charge < -0.3 is 10.2 Å². The van der Waals surface area contributed by atoms with Crippen molar-refractivity contribution in [3.63, 3.8) is 0 Å². The van der Waals surface area contributed by atoms with Crippen LogP contribution < -0.4 is 5.32 Å². The molecule has 0 heterocycles. The first-order valence-electron chi connectivity index (χ1n) is 8.79. The molecular formula is C23H22N2O2. The van der Waals surface area contributed by atoms with E-state index < -0.39 is 0 Å². The van der Waals surface area contributed by atoms with Gasteiger partial charge in [-0.3, -0.25) is 9.59 Å². The molecule has 0 radical (unpaired) electrons. The lowest BCUT2D eigenvalue weighted by atomic mass is 9.98.